The highest BCUT2D eigenvalue weighted by molar-refractivity contribution is 7.92. The average Bonchev–Trinajstić information content (AvgIpc) is 2.80. The van der Waals surface area contributed by atoms with Crippen molar-refractivity contribution in [3.63, 3.8) is 0 Å². The van der Waals surface area contributed by atoms with E-state index in [0.717, 1.165) is 26.2 Å². The molecular weight excluding hydrogens is 402 g/mol. The minimum Gasteiger partial charge on any atom is -0.497 e. The minimum atomic E-state index is -3.72. The first-order valence-corrected chi connectivity index (χ1v) is 11.1. The van der Waals surface area contributed by atoms with Crippen LogP contribution in [0.4, 0.5) is 17.3 Å². The Bertz CT molecular complexity index is 1070. The molecule has 0 saturated carbocycles. The van der Waals surface area contributed by atoms with Crippen LogP contribution in [0.25, 0.3) is 0 Å². The molecule has 4 rings (SSSR count). The fraction of sp³-hybridized carbons (Fsp3) is 0.238. The molecule has 0 spiro atoms. The van der Waals surface area contributed by atoms with Gasteiger partial charge in [0.05, 0.1) is 30.1 Å². The summed E-state index contributed by atoms with van der Waals surface area (Å²) < 4.78 is 32.6. The van der Waals surface area contributed by atoms with E-state index >= 15 is 0 Å². The molecule has 1 N–H and O–H groups in total. The Kier molecular flexibility index (Phi) is 5.71. The third kappa shape index (κ3) is 4.46. The molecule has 1 aliphatic rings. The Morgan fingerprint density at radius 3 is 2.07 bits per heavy atom. The van der Waals surface area contributed by atoms with Gasteiger partial charge in [-0.1, -0.05) is 18.2 Å². The van der Waals surface area contributed by atoms with Crippen molar-refractivity contribution in [2.75, 3.05) is 47.8 Å². The first kappa shape index (κ1) is 20.0. The Morgan fingerprint density at radius 1 is 0.867 bits per heavy atom. The summed E-state index contributed by atoms with van der Waals surface area (Å²) in [6.07, 6.45) is 2.99. The third-order valence-corrected chi connectivity index (χ3v) is 6.34. The zero-order valence-electron chi connectivity index (χ0n) is 16.6. The monoisotopic (exact) mass is 425 g/mol. The summed E-state index contributed by atoms with van der Waals surface area (Å²) in [7, 11) is -2.19. The highest BCUT2D eigenvalue weighted by atomic mass is 32.2. The Balaban J connectivity index is 1.38. The largest absolute Gasteiger partial charge is 0.497 e. The van der Waals surface area contributed by atoms with Gasteiger partial charge in [-0.2, -0.15) is 0 Å². The SMILES string of the molecule is COc1ccc(S(=O)(=O)Nc2cnc(N3CCN(c4ccccc4)CC3)nc2)cc1. The molecule has 2 heterocycles. The molecule has 0 amide bonds. The number of piperazine rings is 1. The van der Waals surface area contributed by atoms with Crippen molar-refractivity contribution in [1.29, 1.82) is 0 Å². The van der Waals surface area contributed by atoms with Gasteiger partial charge in [-0.25, -0.2) is 18.4 Å². The second kappa shape index (κ2) is 8.58. The zero-order valence-corrected chi connectivity index (χ0v) is 17.4. The number of methoxy groups -OCH3 is 1. The summed E-state index contributed by atoms with van der Waals surface area (Å²) in [6.45, 7) is 3.34. The van der Waals surface area contributed by atoms with Crippen LogP contribution in [0.1, 0.15) is 0 Å². The lowest BCUT2D eigenvalue weighted by molar-refractivity contribution is 0.414. The van der Waals surface area contributed by atoms with Crippen LogP contribution >= 0.6 is 0 Å². The van der Waals surface area contributed by atoms with E-state index in [1.54, 1.807) is 12.1 Å². The number of ether oxygens (including phenoxy) is 1. The van der Waals surface area contributed by atoms with Gasteiger partial charge < -0.3 is 14.5 Å². The number of hydrogen-bond acceptors (Lipinski definition) is 7. The van der Waals surface area contributed by atoms with Crippen molar-refractivity contribution in [1.82, 2.24) is 9.97 Å². The van der Waals surface area contributed by atoms with Gasteiger partial charge in [0.2, 0.25) is 5.95 Å². The molecule has 0 radical (unpaired) electrons. The molecule has 1 saturated heterocycles. The fourth-order valence-electron chi connectivity index (χ4n) is 3.31. The van der Waals surface area contributed by atoms with Crippen LogP contribution in [-0.2, 0) is 10.0 Å². The molecule has 1 fully saturated rings. The van der Waals surface area contributed by atoms with Gasteiger partial charge >= 0.3 is 0 Å². The third-order valence-electron chi connectivity index (χ3n) is 4.94. The second-order valence-electron chi connectivity index (χ2n) is 6.86. The molecule has 8 nitrogen and oxygen atoms in total. The molecule has 0 bridgehead atoms. The lowest BCUT2D eigenvalue weighted by Gasteiger charge is -2.36. The highest BCUT2D eigenvalue weighted by Crippen LogP contribution is 2.21. The Morgan fingerprint density at radius 2 is 1.47 bits per heavy atom. The van der Waals surface area contributed by atoms with Gasteiger partial charge in [0.1, 0.15) is 5.75 Å². The van der Waals surface area contributed by atoms with Crippen LogP contribution in [0, 0.1) is 0 Å². The molecule has 1 aromatic heterocycles. The lowest BCUT2D eigenvalue weighted by atomic mass is 10.2. The van der Waals surface area contributed by atoms with E-state index in [4.69, 9.17) is 4.74 Å². The predicted molar refractivity (Wildman–Crippen MR) is 117 cm³/mol. The Labute approximate surface area is 176 Å². The van der Waals surface area contributed by atoms with Crippen LogP contribution in [0.15, 0.2) is 71.9 Å². The van der Waals surface area contributed by atoms with Crippen LogP contribution in [-0.4, -0.2) is 51.7 Å². The molecule has 2 aromatic carbocycles. The van der Waals surface area contributed by atoms with Crippen LogP contribution in [0.2, 0.25) is 0 Å². The highest BCUT2D eigenvalue weighted by Gasteiger charge is 2.20. The molecule has 30 heavy (non-hydrogen) atoms. The van der Waals surface area contributed by atoms with Crippen LogP contribution in [0.3, 0.4) is 0 Å². The zero-order chi connectivity index (χ0) is 21.0. The topological polar surface area (TPSA) is 87.7 Å². The molecule has 1 aliphatic heterocycles. The van der Waals surface area contributed by atoms with Crippen molar-refractivity contribution >= 4 is 27.3 Å². The van der Waals surface area contributed by atoms with Crippen molar-refractivity contribution in [3.05, 3.63) is 67.0 Å². The number of aromatic nitrogens is 2. The first-order valence-electron chi connectivity index (χ1n) is 9.59. The number of anilines is 3. The first-order chi connectivity index (χ1) is 14.5. The predicted octanol–water partition coefficient (Wildman–Crippen LogP) is 2.61. The van der Waals surface area contributed by atoms with Crippen molar-refractivity contribution in [2.24, 2.45) is 0 Å². The molecule has 0 unspecified atom stereocenters. The lowest BCUT2D eigenvalue weighted by Crippen LogP contribution is -2.47. The summed E-state index contributed by atoms with van der Waals surface area (Å²) >= 11 is 0. The van der Waals surface area contributed by atoms with E-state index in [0.29, 0.717) is 17.4 Å². The number of benzene rings is 2. The maximum atomic E-state index is 12.5. The number of para-hydroxylation sites is 1. The molecule has 0 atom stereocenters. The maximum absolute atomic E-state index is 12.5. The van der Waals surface area contributed by atoms with Gasteiger partial charge in [-0.05, 0) is 36.4 Å². The molecule has 3 aromatic rings. The Hall–Kier alpha value is -3.33. The summed E-state index contributed by atoms with van der Waals surface area (Å²) in [6, 6.07) is 16.5. The summed E-state index contributed by atoms with van der Waals surface area (Å²) in [5.74, 6) is 1.18. The number of hydrogen-bond donors (Lipinski definition) is 1. The normalized spacial score (nSPS) is 14.4. The van der Waals surface area contributed by atoms with Gasteiger partial charge in [-0.15, -0.1) is 0 Å². The van der Waals surface area contributed by atoms with Crippen molar-refractivity contribution < 1.29 is 13.2 Å². The summed E-state index contributed by atoms with van der Waals surface area (Å²) in [5.41, 5.74) is 1.53. The number of sulfonamides is 1. The van der Waals surface area contributed by atoms with Gasteiger partial charge in [-0.3, -0.25) is 4.72 Å². The summed E-state index contributed by atoms with van der Waals surface area (Å²) in [4.78, 5) is 13.3. The quantitative estimate of drug-likeness (QED) is 0.649. The van der Waals surface area contributed by atoms with Gasteiger partial charge in [0.25, 0.3) is 10.0 Å². The fourth-order valence-corrected chi connectivity index (χ4v) is 4.34. The number of nitrogens with one attached hydrogen (secondary N) is 1. The number of nitrogens with zero attached hydrogens (tertiary/aromatic N) is 4. The van der Waals surface area contributed by atoms with Crippen molar-refractivity contribution in [2.45, 2.75) is 4.90 Å². The summed E-state index contributed by atoms with van der Waals surface area (Å²) in [5, 5.41) is 0. The van der Waals surface area contributed by atoms with Crippen molar-refractivity contribution in [3.8, 4) is 5.75 Å². The average molecular weight is 426 g/mol. The van der Waals surface area contributed by atoms with E-state index < -0.39 is 10.0 Å². The van der Waals surface area contributed by atoms with E-state index in [1.165, 1.54) is 37.3 Å². The molecule has 0 aliphatic carbocycles. The minimum absolute atomic E-state index is 0.143. The molecule has 9 heteroatoms. The van der Waals surface area contributed by atoms with Crippen LogP contribution in [0.5, 0.6) is 5.75 Å². The van der Waals surface area contributed by atoms with Gasteiger partial charge in [0, 0.05) is 31.9 Å². The van der Waals surface area contributed by atoms with Gasteiger partial charge in [0.15, 0.2) is 0 Å². The van der Waals surface area contributed by atoms with Crippen LogP contribution < -0.4 is 19.3 Å². The maximum Gasteiger partial charge on any atom is 0.261 e. The number of rotatable bonds is 6. The van der Waals surface area contributed by atoms with E-state index in [9.17, 15) is 8.42 Å². The standard InChI is InChI=1S/C21H23N5O3S/c1-29-19-7-9-20(10-8-19)30(27,28)24-17-15-22-21(23-16-17)26-13-11-25(12-14-26)18-5-3-2-4-6-18/h2-10,15-16,24H,11-14H2,1H3. The molecular formula is C21H23N5O3S. The van der Waals surface area contributed by atoms with E-state index in [1.807, 2.05) is 18.2 Å². The van der Waals surface area contributed by atoms with E-state index in [-0.39, 0.29) is 4.90 Å². The second-order valence-corrected chi connectivity index (χ2v) is 8.54. The molecule has 156 valence electrons. The smallest absolute Gasteiger partial charge is 0.261 e. The van der Waals surface area contributed by atoms with E-state index in [2.05, 4.69) is 36.6 Å².